The summed E-state index contributed by atoms with van der Waals surface area (Å²) in [7, 11) is 0. The summed E-state index contributed by atoms with van der Waals surface area (Å²) < 4.78 is 13.8. The van der Waals surface area contributed by atoms with Crippen LogP contribution in [0, 0.1) is 18.5 Å². The largest absolute Gasteiger partial charge is 0.509 e. The normalized spacial score (nSPS) is 11.5. The topological polar surface area (TPSA) is 35.9 Å². The number of ether oxygens (including phenoxy) is 1. The predicted molar refractivity (Wildman–Crippen MR) is 306 cm³/mol. The molecule has 0 saturated carbocycles. The van der Waals surface area contributed by atoms with Crippen molar-refractivity contribution in [3.05, 3.63) is 273 Å². The van der Waals surface area contributed by atoms with E-state index in [0.717, 1.165) is 106 Å². The first-order valence-corrected chi connectivity index (χ1v) is 25.4. The minimum atomic E-state index is -0.0834. The first kappa shape index (κ1) is 48.1. The number of rotatable bonds is 10. The van der Waals surface area contributed by atoms with E-state index in [9.17, 15) is 0 Å². The Kier molecular flexibility index (Phi) is 12.7. The van der Waals surface area contributed by atoms with Gasteiger partial charge in [0, 0.05) is 44.3 Å². The van der Waals surface area contributed by atoms with Crippen LogP contribution in [0.3, 0.4) is 0 Å². The van der Waals surface area contributed by atoms with E-state index in [0.29, 0.717) is 11.5 Å². The van der Waals surface area contributed by atoms with Gasteiger partial charge in [0.1, 0.15) is 5.82 Å². The van der Waals surface area contributed by atoms with Gasteiger partial charge in [0.25, 0.3) is 6.33 Å². The number of aromatic nitrogens is 4. The molecule has 0 saturated heterocycles. The van der Waals surface area contributed by atoms with E-state index in [2.05, 4.69) is 283 Å². The molecule has 0 atom stereocenters. The Labute approximate surface area is 457 Å². The van der Waals surface area contributed by atoms with Crippen molar-refractivity contribution in [2.45, 2.75) is 26.2 Å². The quantitative estimate of drug-likeness (QED) is 0.101. The second-order valence-corrected chi connectivity index (χ2v) is 20.0. The van der Waals surface area contributed by atoms with E-state index in [1.165, 1.54) is 5.56 Å². The molecule has 0 aliphatic rings. The third-order valence-corrected chi connectivity index (χ3v) is 14.2. The smallest absolute Gasteiger partial charge is 0.268 e. The van der Waals surface area contributed by atoms with Crippen LogP contribution >= 0.6 is 0 Å². The molecule has 0 radical (unpaired) electrons. The summed E-state index contributed by atoms with van der Waals surface area (Å²) in [5.41, 5.74) is 17.6. The third kappa shape index (κ3) is 8.93. The number of pyridine rings is 1. The molecule has 5 nitrogen and oxygen atoms in total. The summed E-state index contributed by atoms with van der Waals surface area (Å²) in [6.07, 6.45) is 5.74. The molecule has 76 heavy (non-hydrogen) atoms. The van der Waals surface area contributed by atoms with E-state index in [4.69, 9.17) is 9.72 Å². The minimum absolute atomic E-state index is 0. The zero-order valence-electron chi connectivity index (χ0n) is 42.2. The monoisotopic (exact) mass is 1160 g/mol. The first-order chi connectivity index (χ1) is 36.8. The zero-order valence-corrected chi connectivity index (χ0v) is 44.5. The summed E-state index contributed by atoms with van der Waals surface area (Å²) in [6, 6.07) is 93.0. The molecule has 3 heterocycles. The fraction of sp³-hybridized carbons (Fsp3) is 0.0571. The van der Waals surface area contributed by atoms with Crippen molar-refractivity contribution in [1.29, 1.82) is 0 Å². The van der Waals surface area contributed by atoms with Crippen LogP contribution in [0.5, 0.6) is 11.5 Å². The Balaban J connectivity index is 0.00000582. The average molecular weight is 1160 g/mol. The van der Waals surface area contributed by atoms with Gasteiger partial charge in [-0.3, -0.25) is 4.57 Å². The van der Waals surface area contributed by atoms with Crippen molar-refractivity contribution in [1.82, 2.24) is 14.1 Å². The predicted octanol–water partition coefficient (Wildman–Crippen LogP) is 17.2. The van der Waals surface area contributed by atoms with E-state index in [-0.39, 0.29) is 26.5 Å². The fourth-order valence-corrected chi connectivity index (χ4v) is 10.5. The summed E-state index contributed by atoms with van der Waals surface area (Å²) in [4.78, 5) is 5.01. The molecule has 0 bridgehead atoms. The van der Waals surface area contributed by atoms with Gasteiger partial charge in [-0.05, 0) is 90.8 Å². The standard InChI is InChI=1S/C70H50N4O.Pt/c1-70(2,3)55-38-39-71-68(43-55)74-63-35-17-16-32-60(63)62-45-61(54-41-52(48-22-8-4-9-23-48)40-53(42-54)49-24-10-5-11-25-49)67(46-66(62)74)75-57-31-20-30-56(44-57)72-47-73(65-37-19-18-36-64(65)72)69-58(50-26-12-6-13-27-50)33-21-34-59(69)51-28-14-7-15-29-51;/h4-43,45H,1-3H3;/q-2;. The van der Waals surface area contributed by atoms with Gasteiger partial charge in [-0.15, -0.1) is 23.6 Å². The number of nitrogens with zero attached hydrogens (tertiary/aromatic N) is 4. The number of imidazole rings is 1. The van der Waals surface area contributed by atoms with Crippen molar-refractivity contribution in [2.75, 3.05) is 0 Å². The number of hydrogen-bond donors (Lipinski definition) is 0. The molecule has 6 heteroatoms. The molecule has 0 aliphatic heterocycles. The summed E-state index contributed by atoms with van der Waals surface area (Å²) >= 11 is 0. The molecular weight excluding hydrogens is 1110 g/mol. The second kappa shape index (κ2) is 20.1. The van der Waals surface area contributed by atoms with Crippen LogP contribution in [0.25, 0.3) is 106 Å². The van der Waals surface area contributed by atoms with Crippen LogP contribution in [0.2, 0.25) is 0 Å². The van der Waals surface area contributed by atoms with Crippen molar-refractivity contribution in [3.8, 4) is 84.3 Å². The molecule has 0 N–H and O–H groups in total. The third-order valence-electron chi connectivity index (χ3n) is 14.2. The van der Waals surface area contributed by atoms with E-state index in [1.54, 1.807) is 0 Å². The van der Waals surface area contributed by atoms with Crippen LogP contribution in [0.4, 0.5) is 0 Å². The molecule has 368 valence electrons. The van der Waals surface area contributed by atoms with Gasteiger partial charge in [-0.25, -0.2) is 4.98 Å². The van der Waals surface area contributed by atoms with E-state index >= 15 is 0 Å². The first-order valence-electron chi connectivity index (χ1n) is 25.4. The summed E-state index contributed by atoms with van der Waals surface area (Å²) in [5, 5.41) is 2.15. The van der Waals surface area contributed by atoms with Gasteiger partial charge in [0.05, 0.1) is 16.7 Å². The molecule has 10 aromatic carbocycles. The van der Waals surface area contributed by atoms with Crippen LogP contribution in [0.15, 0.2) is 249 Å². The SMILES string of the molecule is CC(C)(C)c1ccnc(-n2c3[c-]c(Oc4[c-]c(-n5[c-][n+](-c6c(-c7ccccc7)cccc6-c6ccccc6)c6ccccc65)ccc4)c(-c4cc(-c5ccccc5)cc(-c5ccccc5)c4)cc3c3ccccc32)c1.[Pt]. The molecule has 13 aromatic rings. The maximum Gasteiger partial charge on any atom is 0.268 e. The summed E-state index contributed by atoms with van der Waals surface area (Å²) in [6.45, 7) is 6.71. The molecule has 0 unspecified atom stereocenters. The Morgan fingerprint density at radius 2 is 1.01 bits per heavy atom. The second-order valence-electron chi connectivity index (χ2n) is 20.0. The number of hydrogen-bond acceptors (Lipinski definition) is 2. The number of fused-ring (bicyclic) bond motifs is 4. The van der Waals surface area contributed by atoms with E-state index in [1.807, 2.05) is 18.3 Å². The molecular formula is C70H50N4OPt-2. The van der Waals surface area contributed by atoms with Gasteiger partial charge in [-0.1, -0.05) is 232 Å². The Bertz CT molecular complexity index is 4120. The summed E-state index contributed by atoms with van der Waals surface area (Å²) in [5.74, 6) is 1.92. The molecule has 0 fully saturated rings. The Morgan fingerprint density at radius 3 is 1.64 bits per heavy atom. The van der Waals surface area contributed by atoms with E-state index < -0.39 is 0 Å². The van der Waals surface area contributed by atoms with Gasteiger partial charge >= 0.3 is 0 Å². The van der Waals surface area contributed by atoms with Crippen molar-refractivity contribution < 1.29 is 30.4 Å². The maximum absolute atomic E-state index is 7.27. The Hall–Kier alpha value is -8.89. The van der Waals surface area contributed by atoms with Gasteiger partial charge < -0.3 is 13.9 Å². The van der Waals surface area contributed by atoms with Gasteiger partial charge in [0.2, 0.25) is 0 Å². The zero-order chi connectivity index (χ0) is 50.5. The molecule has 0 spiro atoms. The average Bonchev–Trinajstić information content (AvgIpc) is 4.05. The van der Waals surface area contributed by atoms with Crippen LogP contribution in [-0.2, 0) is 26.5 Å². The Morgan fingerprint density at radius 1 is 0.461 bits per heavy atom. The minimum Gasteiger partial charge on any atom is -0.509 e. The van der Waals surface area contributed by atoms with Crippen LogP contribution in [0.1, 0.15) is 26.3 Å². The van der Waals surface area contributed by atoms with Crippen LogP contribution < -0.4 is 9.30 Å². The van der Waals surface area contributed by atoms with Gasteiger partial charge in [-0.2, -0.15) is 18.2 Å². The maximum atomic E-state index is 7.27. The molecule has 3 aromatic heterocycles. The van der Waals surface area contributed by atoms with Crippen LogP contribution in [-0.4, -0.2) is 14.1 Å². The van der Waals surface area contributed by atoms with Crippen molar-refractivity contribution in [2.24, 2.45) is 0 Å². The fourth-order valence-electron chi connectivity index (χ4n) is 10.5. The number of benzene rings is 10. The number of para-hydroxylation sites is 4. The molecule has 13 rings (SSSR count). The van der Waals surface area contributed by atoms with Crippen molar-refractivity contribution in [3.63, 3.8) is 0 Å². The van der Waals surface area contributed by atoms with Crippen molar-refractivity contribution >= 4 is 32.8 Å². The molecule has 0 amide bonds. The van der Waals surface area contributed by atoms with Gasteiger partial charge in [0.15, 0.2) is 0 Å². The molecule has 0 aliphatic carbocycles.